The number of para-hydroxylation sites is 2. The molecule has 0 bridgehead atoms. The Kier molecular flexibility index (Phi) is 5.14. The van der Waals surface area contributed by atoms with Crippen molar-refractivity contribution in [2.75, 3.05) is 12.4 Å². The van der Waals surface area contributed by atoms with E-state index in [9.17, 15) is 9.59 Å². The van der Waals surface area contributed by atoms with E-state index in [1.54, 1.807) is 25.1 Å². The number of methoxy groups -OCH3 is 1. The number of carbonyl (C=O) groups excluding carboxylic acids is 1. The molecular formula is C22H19N3O3S. The van der Waals surface area contributed by atoms with Crippen LogP contribution in [0.3, 0.4) is 0 Å². The highest BCUT2D eigenvalue weighted by Gasteiger charge is 2.20. The van der Waals surface area contributed by atoms with Gasteiger partial charge >= 0.3 is 0 Å². The molecule has 0 radical (unpaired) electrons. The lowest BCUT2D eigenvalue weighted by atomic mass is 10.2. The number of ether oxygens (including phenoxy) is 1. The SMILES string of the molecule is COc1ccccc1NC(=O)[C@H](C)n1cnc2sc(-c3ccccc3)cc2c1=O. The predicted octanol–water partition coefficient (Wildman–Crippen LogP) is 4.33. The van der Waals surface area contributed by atoms with Crippen LogP contribution in [0.25, 0.3) is 20.7 Å². The molecule has 4 aromatic rings. The molecule has 29 heavy (non-hydrogen) atoms. The highest BCUT2D eigenvalue weighted by atomic mass is 32.1. The molecule has 4 rings (SSSR count). The van der Waals surface area contributed by atoms with Crippen molar-refractivity contribution < 1.29 is 9.53 Å². The molecular weight excluding hydrogens is 386 g/mol. The maximum Gasteiger partial charge on any atom is 0.262 e. The highest BCUT2D eigenvalue weighted by Crippen LogP contribution is 2.31. The standard InChI is InChI=1S/C22H19N3O3S/c1-14(20(26)24-17-10-6-7-11-18(17)28-2)25-13-23-21-16(22(25)27)12-19(29-21)15-8-4-3-5-9-15/h3-14H,1-2H3,(H,24,26)/t14-/m0/s1. The summed E-state index contributed by atoms with van der Waals surface area (Å²) < 4.78 is 6.62. The van der Waals surface area contributed by atoms with E-state index in [-0.39, 0.29) is 11.5 Å². The quantitative estimate of drug-likeness (QED) is 0.536. The van der Waals surface area contributed by atoms with E-state index in [1.165, 1.54) is 29.3 Å². The summed E-state index contributed by atoms with van der Waals surface area (Å²) in [6, 6.07) is 18.1. The molecule has 1 amide bonds. The fourth-order valence-corrected chi connectivity index (χ4v) is 4.06. The minimum Gasteiger partial charge on any atom is -0.495 e. The van der Waals surface area contributed by atoms with Crippen LogP contribution >= 0.6 is 11.3 Å². The first kappa shape index (κ1) is 18.9. The zero-order valence-corrected chi connectivity index (χ0v) is 16.8. The van der Waals surface area contributed by atoms with Crippen molar-refractivity contribution in [1.82, 2.24) is 9.55 Å². The molecule has 7 heteroatoms. The maximum absolute atomic E-state index is 13.0. The molecule has 0 saturated heterocycles. The van der Waals surface area contributed by atoms with E-state index >= 15 is 0 Å². The second-order valence-corrected chi connectivity index (χ2v) is 7.55. The Morgan fingerprint density at radius 1 is 1.14 bits per heavy atom. The fraction of sp³-hybridized carbons (Fsp3) is 0.136. The van der Waals surface area contributed by atoms with Crippen molar-refractivity contribution in [3.05, 3.63) is 77.3 Å². The molecule has 6 nitrogen and oxygen atoms in total. The lowest BCUT2D eigenvalue weighted by Gasteiger charge is -2.16. The Morgan fingerprint density at radius 2 is 1.86 bits per heavy atom. The van der Waals surface area contributed by atoms with E-state index in [1.807, 2.05) is 42.5 Å². The molecule has 2 aromatic carbocycles. The Morgan fingerprint density at radius 3 is 2.62 bits per heavy atom. The van der Waals surface area contributed by atoms with Crippen molar-refractivity contribution in [3.8, 4) is 16.2 Å². The number of benzene rings is 2. The Hall–Kier alpha value is -3.45. The molecule has 0 unspecified atom stereocenters. The highest BCUT2D eigenvalue weighted by molar-refractivity contribution is 7.21. The number of anilines is 1. The van der Waals surface area contributed by atoms with Gasteiger partial charge in [-0.1, -0.05) is 42.5 Å². The monoisotopic (exact) mass is 405 g/mol. The van der Waals surface area contributed by atoms with Crippen molar-refractivity contribution in [3.63, 3.8) is 0 Å². The number of nitrogens with one attached hydrogen (secondary N) is 1. The number of fused-ring (bicyclic) bond motifs is 1. The summed E-state index contributed by atoms with van der Waals surface area (Å²) in [7, 11) is 1.54. The van der Waals surface area contributed by atoms with Gasteiger partial charge in [-0.15, -0.1) is 11.3 Å². The Balaban J connectivity index is 1.65. The molecule has 2 heterocycles. The number of nitrogens with zero attached hydrogens (tertiary/aromatic N) is 2. The van der Waals surface area contributed by atoms with Crippen LogP contribution in [0.2, 0.25) is 0 Å². The van der Waals surface area contributed by atoms with Gasteiger partial charge in [0, 0.05) is 4.88 Å². The fourth-order valence-electron chi connectivity index (χ4n) is 3.07. The van der Waals surface area contributed by atoms with Crippen molar-refractivity contribution in [2.45, 2.75) is 13.0 Å². The topological polar surface area (TPSA) is 73.2 Å². The van der Waals surface area contributed by atoms with Gasteiger partial charge in [0.25, 0.3) is 5.56 Å². The first-order valence-corrected chi connectivity index (χ1v) is 9.90. The average molecular weight is 405 g/mol. The average Bonchev–Trinajstić information content (AvgIpc) is 3.20. The predicted molar refractivity (Wildman–Crippen MR) is 116 cm³/mol. The van der Waals surface area contributed by atoms with Gasteiger partial charge in [0.05, 0.1) is 24.5 Å². The second kappa shape index (κ2) is 7.89. The van der Waals surface area contributed by atoms with Crippen LogP contribution in [0.15, 0.2) is 71.8 Å². The minimum absolute atomic E-state index is 0.240. The first-order chi connectivity index (χ1) is 14.1. The van der Waals surface area contributed by atoms with Crippen LogP contribution in [0.5, 0.6) is 5.75 Å². The molecule has 146 valence electrons. The molecule has 0 saturated carbocycles. The number of carbonyl (C=O) groups is 1. The maximum atomic E-state index is 13.0. The number of rotatable bonds is 5. The van der Waals surface area contributed by atoms with Gasteiger partial charge in [-0.3, -0.25) is 14.2 Å². The molecule has 2 aromatic heterocycles. The summed E-state index contributed by atoms with van der Waals surface area (Å²) >= 11 is 1.46. The zero-order chi connectivity index (χ0) is 20.4. The van der Waals surface area contributed by atoms with Crippen LogP contribution in [0.1, 0.15) is 13.0 Å². The van der Waals surface area contributed by atoms with Crippen LogP contribution < -0.4 is 15.6 Å². The smallest absolute Gasteiger partial charge is 0.262 e. The minimum atomic E-state index is -0.732. The van der Waals surface area contributed by atoms with E-state index in [0.29, 0.717) is 21.7 Å². The largest absolute Gasteiger partial charge is 0.495 e. The van der Waals surface area contributed by atoms with Crippen LogP contribution in [0.4, 0.5) is 5.69 Å². The zero-order valence-electron chi connectivity index (χ0n) is 16.0. The van der Waals surface area contributed by atoms with Gasteiger partial charge in [-0.05, 0) is 30.7 Å². The van der Waals surface area contributed by atoms with Gasteiger partial charge in [-0.2, -0.15) is 0 Å². The van der Waals surface area contributed by atoms with Gasteiger partial charge in [0.15, 0.2) is 0 Å². The van der Waals surface area contributed by atoms with E-state index in [2.05, 4.69) is 10.3 Å². The Labute approximate surface area is 171 Å². The number of hydrogen-bond acceptors (Lipinski definition) is 5. The summed E-state index contributed by atoms with van der Waals surface area (Å²) in [6.07, 6.45) is 1.43. The van der Waals surface area contributed by atoms with Crippen molar-refractivity contribution in [1.29, 1.82) is 0 Å². The third-order valence-corrected chi connectivity index (χ3v) is 5.79. The van der Waals surface area contributed by atoms with Gasteiger partial charge in [-0.25, -0.2) is 4.98 Å². The van der Waals surface area contributed by atoms with Gasteiger partial charge in [0.2, 0.25) is 5.91 Å². The summed E-state index contributed by atoms with van der Waals surface area (Å²) in [4.78, 5) is 31.8. The van der Waals surface area contributed by atoms with E-state index in [0.717, 1.165) is 10.4 Å². The van der Waals surface area contributed by atoms with Crippen LogP contribution in [-0.2, 0) is 4.79 Å². The molecule has 1 N–H and O–H groups in total. The van der Waals surface area contributed by atoms with E-state index < -0.39 is 6.04 Å². The summed E-state index contributed by atoms with van der Waals surface area (Å²) in [5.41, 5.74) is 1.34. The van der Waals surface area contributed by atoms with Crippen LogP contribution in [-0.4, -0.2) is 22.6 Å². The second-order valence-electron chi connectivity index (χ2n) is 6.52. The third kappa shape index (κ3) is 3.64. The van der Waals surface area contributed by atoms with E-state index in [4.69, 9.17) is 4.74 Å². The number of aromatic nitrogens is 2. The summed E-state index contributed by atoms with van der Waals surface area (Å²) in [5, 5.41) is 3.32. The number of thiophene rings is 1. The molecule has 0 aliphatic carbocycles. The normalized spacial score (nSPS) is 11.9. The summed E-state index contributed by atoms with van der Waals surface area (Å²) in [6.45, 7) is 1.67. The lowest BCUT2D eigenvalue weighted by molar-refractivity contribution is -0.118. The van der Waals surface area contributed by atoms with Gasteiger partial charge < -0.3 is 10.1 Å². The summed E-state index contributed by atoms with van der Waals surface area (Å²) in [5.74, 6) is 0.232. The van der Waals surface area contributed by atoms with Crippen molar-refractivity contribution in [2.24, 2.45) is 0 Å². The van der Waals surface area contributed by atoms with Crippen molar-refractivity contribution >= 4 is 33.1 Å². The molecule has 0 spiro atoms. The lowest BCUT2D eigenvalue weighted by Crippen LogP contribution is -2.31. The molecule has 1 atom stereocenters. The Bertz CT molecular complexity index is 1230. The molecule has 0 fully saturated rings. The molecule has 0 aliphatic heterocycles. The number of hydrogen-bond donors (Lipinski definition) is 1. The van der Waals surface area contributed by atoms with Crippen LogP contribution in [0, 0.1) is 0 Å². The number of amides is 1. The first-order valence-electron chi connectivity index (χ1n) is 9.08. The van der Waals surface area contributed by atoms with Gasteiger partial charge in [0.1, 0.15) is 16.6 Å². The third-order valence-electron chi connectivity index (χ3n) is 4.70. The molecule has 0 aliphatic rings.